The lowest BCUT2D eigenvalue weighted by molar-refractivity contribution is -0.126. The summed E-state index contributed by atoms with van der Waals surface area (Å²) in [6.07, 6.45) is 1.96. The number of carbonyl (C=O) groups is 2. The Morgan fingerprint density at radius 2 is 1.67 bits per heavy atom. The van der Waals surface area contributed by atoms with E-state index in [1.165, 1.54) is 12.5 Å². The number of ketones is 1. The molecule has 1 aromatic rings. The molecule has 0 saturated heterocycles. The van der Waals surface area contributed by atoms with E-state index in [0.717, 1.165) is 12.0 Å². The van der Waals surface area contributed by atoms with Crippen LogP contribution in [0.4, 0.5) is 0 Å². The van der Waals surface area contributed by atoms with Crippen molar-refractivity contribution in [3.8, 4) is 0 Å². The number of nitrogens with one attached hydrogen (secondary N) is 1. The molecule has 0 fully saturated rings. The predicted molar refractivity (Wildman–Crippen MR) is 72.4 cm³/mol. The van der Waals surface area contributed by atoms with Gasteiger partial charge in [-0.15, -0.1) is 0 Å². The number of hydrogen-bond donors (Lipinski definition) is 1. The molecule has 0 aliphatic carbocycles. The first-order chi connectivity index (χ1) is 8.56. The Hall–Kier alpha value is -1.64. The summed E-state index contributed by atoms with van der Waals surface area (Å²) in [6.45, 7) is 5.40. The van der Waals surface area contributed by atoms with Gasteiger partial charge in [0, 0.05) is 6.42 Å². The molecule has 3 nitrogen and oxygen atoms in total. The second-order valence-electron chi connectivity index (χ2n) is 4.46. The van der Waals surface area contributed by atoms with Crippen molar-refractivity contribution >= 4 is 11.7 Å². The van der Waals surface area contributed by atoms with Crippen LogP contribution in [0.15, 0.2) is 24.3 Å². The van der Waals surface area contributed by atoms with E-state index in [9.17, 15) is 9.59 Å². The summed E-state index contributed by atoms with van der Waals surface area (Å²) in [6, 6.07) is 7.76. The van der Waals surface area contributed by atoms with Gasteiger partial charge in [-0.2, -0.15) is 0 Å². The second-order valence-corrected chi connectivity index (χ2v) is 4.46. The number of hydrogen-bond acceptors (Lipinski definition) is 2. The first-order valence-corrected chi connectivity index (χ1v) is 6.44. The van der Waals surface area contributed by atoms with Gasteiger partial charge in [0.1, 0.15) is 0 Å². The van der Waals surface area contributed by atoms with Gasteiger partial charge in [0.25, 0.3) is 0 Å². The molecule has 1 rings (SSSR count). The number of carbonyl (C=O) groups excluding carboxylic acids is 2. The zero-order valence-corrected chi connectivity index (χ0v) is 11.3. The fourth-order valence-corrected chi connectivity index (χ4v) is 1.74. The molecular formula is C15H21NO2. The highest BCUT2D eigenvalue weighted by Gasteiger charge is 2.16. The lowest BCUT2D eigenvalue weighted by Gasteiger charge is -2.15. The van der Waals surface area contributed by atoms with E-state index in [1.807, 2.05) is 12.1 Å². The summed E-state index contributed by atoms with van der Waals surface area (Å²) in [5.74, 6) is -0.0863. The molecule has 0 radical (unpaired) electrons. The lowest BCUT2D eigenvalue weighted by atomic mass is 10.0. The summed E-state index contributed by atoms with van der Waals surface area (Å²) >= 11 is 0. The van der Waals surface area contributed by atoms with Crippen LogP contribution in [0.1, 0.15) is 38.3 Å². The minimum Gasteiger partial charge on any atom is -0.346 e. The smallest absolute Gasteiger partial charge is 0.220 e. The van der Waals surface area contributed by atoms with E-state index in [4.69, 9.17) is 0 Å². The van der Waals surface area contributed by atoms with Gasteiger partial charge in [-0.1, -0.05) is 38.1 Å². The zero-order valence-electron chi connectivity index (χ0n) is 11.3. The number of aryl methyl sites for hydroxylation is 1. The zero-order chi connectivity index (χ0) is 13.5. The van der Waals surface area contributed by atoms with Gasteiger partial charge in [-0.05, 0) is 30.9 Å². The van der Waals surface area contributed by atoms with Crippen molar-refractivity contribution in [2.75, 3.05) is 0 Å². The molecule has 0 aromatic heterocycles. The fraction of sp³-hybridized carbons (Fsp3) is 0.467. The third kappa shape index (κ3) is 4.32. The summed E-state index contributed by atoms with van der Waals surface area (Å²) in [7, 11) is 0. The maximum atomic E-state index is 11.5. The van der Waals surface area contributed by atoms with Crippen molar-refractivity contribution in [3.63, 3.8) is 0 Å². The molecule has 18 heavy (non-hydrogen) atoms. The maximum Gasteiger partial charge on any atom is 0.220 e. The van der Waals surface area contributed by atoms with Crippen molar-refractivity contribution in [3.05, 3.63) is 35.4 Å². The Morgan fingerprint density at radius 1 is 1.11 bits per heavy atom. The van der Waals surface area contributed by atoms with E-state index in [-0.39, 0.29) is 11.7 Å². The topological polar surface area (TPSA) is 46.2 Å². The largest absolute Gasteiger partial charge is 0.346 e. The van der Waals surface area contributed by atoms with Gasteiger partial charge in [0.05, 0.1) is 6.04 Å². The van der Waals surface area contributed by atoms with Gasteiger partial charge in [0.15, 0.2) is 5.78 Å². The molecule has 0 saturated carbocycles. The Balaban J connectivity index is 2.70. The van der Waals surface area contributed by atoms with Crippen molar-refractivity contribution in [2.24, 2.45) is 0 Å². The molecule has 1 amide bonds. The van der Waals surface area contributed by atoms with Crippen LogP contribution in [0.3, 0.4) is 0 Å². The van der Waals surface area contributed by atoms with Crippen LogP contribution in [-0.2, 0) is 22.4 Å². The molecule has 1 atom stereocenters. The standard InChI is InChI=1S/C15H21NO2/c1-4-12-6-8-13(9-7-12)10-14(11(3)17)16-15(18)5-2/h6-9,14H,4-5,10H2,1-3H3,(H,16,18)/t14-/m1/s1. The van der Waals surface area contributed by atoms with E-state index in [1.54, 1.807) is 6.92 Å². The van der Waals surface area contributed by atoms with Crippen molar-refractivity contribution in [1.82, 2.24) is 5.32 Å². The fourth-order valence-electron chi connectivity index (χ4n) is 1.74. The summed E-state index contributed by atoms with van der Waals surface area (Å²) in [5, 5.41) is 2.75. The average molecular weight is 247 g/mol. The van der Waals surface area contributed by atoms with E-state index >= 15 is 0 Å². The first kappa shape index (κ1) is 14.4. The number of rotatable bonds is 6. The van der Waals surface area contributed by atoms with Crippen molar-refractivity contribution < 1.29 is 9.59 Å². The van der Waals surface area contributed by atoms with Gasteiger partial charge in [-0.25, -0.2) is 0 Å². The average Bonchev–Trinajstić information content (AvgIpc) is 2.38. The molecular weight excluding hydrogens is 226 g/mol. The summed E-state index contributed by atoms with van der Waals surface area (Å²) in [4.78, 5) is 22.9. The van der Waals surface area contributed by atoms with E-state index in [0.29, 0.717) is 12.8 Å². The summed E-state index contributed by atoms with van der Waals surface area (Å²) < 4.78 is 0. The molecule has 0 bridgehead atoms. The molecule has 0 spiro atoms. The van der Waals surface area contributed by atoms with Crippen molar-refractivity contribution in [2.45, 2.75) is 46.1 Å². The van der Waals surface area contributed by atoms with Crippen LogP contribution in [-0.4, -0.2) is 17.7 Å². The third-order valence-corrected chi connectivity index (χ3v) is 3.02. The molecule has 1 N–H and O–H groups in total. The van der Waals surface area contributed by atoms with Gasteiger partial charge < -0.3 is 5.32 Å². The number of benzene rings is 1. The monoisotopic (exact) mass is 247 g/mol. The van der Waals surface area contributed by atoms with Crippen LogP contribution in [0.2, 0.25) is 0 Å². The molecule has 0 aliphatic rings. The van der Waals surface area contributed by atoms with Crippen LogP contribution < -0.4 is 5.32 Å². The molecule has 98 valence electrons. The molecule has 3 heteroatoms. The highest BCUT2D eigenvalue weighted by atomic mass is 16.2. The Bertz CT molecular complexity index is 409. The quantitative estimate of drug-likeness (QED) is 0.838. The SMILES string of the molecule is CCC(=O)N[C@H](Cc1ccc(CC)cc1)C(C)=O. The number of Topliss-reactive ketones (excluding diaryl/α,β-unsaturated/α-hetero) is 1. The molecule has 0 heterocycles. The van der Waals surface area contributed by atoms with Crippen molar-refractivity contribution in [1.29, 1.82) is 0 Å². The number of amides is 1. The van der Waals surface area contributed by atoms with Crippen LogP contribution >= 0.6 is 0 Å². The van der Waals surface area contributed by atoms with E-state index in [2.05, 4.69) is 24.4 Å². The van der Waals surface area contributed by atoms with Crippen LogP contribution in [0, 0.1) is 0 Å². The van der Waals surface area contributed by atoms with E-state index < -0.39 is 6.04 Å². The summed E-state index contributed by atoms with van der Waals surface area (Å²) in [5.41, 5.74) is 2.35. The Labute approximate surface area is 109 Å². The Kier molecular flexibility index (Phi) is 5.56. The molecule has 0 unspecified atom stereocenters. The normalized spacial score (nSPS) is 11.9. The highest BCUT2D eigenvalue weighted by molar-refractivity contribution is 5.87. The minimum atomic E-state index is -0.412. The third-order valence-electron chi connectivity index (χ3n) is 3.02. The Morgan fingerprint density at radius 3 is 2.11 bits per heavy atom. The van der Waals surface area contributed by atoms with Gasteiger partial charge >= 0.3 is 0 Å². The first-order valence-electron chi connectivity index (χ1n) is 6.44. The molecule has 0 aliphatic heterocycles. The van der Waals surface area contributed by atoms with Crippen LogP contribution in [0.5, 0.6) is 0 Å². The van der Waals surface area contributed by atoms with Gasteiger partial charge in [0.2, 0.25) is 5.91 Å². The second kappa shape index (κ2) is 6.94. The van der Waals surface area contributed by atoms with Gasteiger partial charge in [-0.3, -0.25) is 9.59 Å². The predicted octanol–water partition coefficient (Wildman–Crippen LogP) is 2.28. The lowest BCUT2D eigenvalue weighted by Crippen LogP contribution is -2.40. The maximum absolute atomic E-state index is 11.5. The highest BCUT2D eigenvalue weighted by Crippen LogP contribution is 2.08. The minimum absolute atomic E-state index is 0.00336. The van der Waals surface area contributed by atoms with Crippen LogP contribution in [0.25, 0.3) is 0 Å². The molecule has 1 aromatic carbocycles.